The molecular formula is C9H16N2O4S. The van der Waals surface area contributed by atoms with Gasteiger partial charge < -0.3 is 4.74 Å². The maximum absolute atomic E-state index is 12.0. The summed E-state index contributed by atoms with van der Waals surface area (Å²) in [5.41, 5.74) is -0.0139. The highest BCUT2D eigenvalue weighted by molar-refractivity contribution is 7.87. The van der Waals surface area contributed by atoms with E-state index in [0.29, 0.717) is 6.54 Å². The van der Waals surface area contributed by atoms with Crippen molar-refractivity contribution in [3.63, 3.8) is 0 Å². The number of fused-ring (bicyclic) bond motifs is 1. The quantitative estimate of drug-likeness (QED) is 0.623. The summed E-state index contributed by atoms with van der Waals surface area (Å²) in [6, 6.07) is -0.0981. The molecule has 1 atom stereocenters. The Balaban J connectivity index is 2.28. The molecule has 0 aliphatic carbocycles. The highest BCUT2D eigenvalue weighted by atomic mass is 32.2. The average molecular weight is 248 g/mol. The molecule has 2 aliphatic heterocycles. The summed E-state index contributed by atoms with van der Waals surface area (Å²) in [5.74, 6) is 0. The number of amides is 1. The van der Waals surface area contributed by atoms with E-state index in [4.69, 9.17) is 0 Å². The average Bonchev–Trinajstić information content (AvgIpc) is 2.59. The number of methoxy groups -OCH3 is 1. The predicted molar refractivity (Wildman–Crippen MR) is 56.9 cm³/mol. The Morgan fingerprint density at radius 1 is 1.44 bits per heavy atom. The van der Waals surface area contributed by atoms with Gasteiger partial charge in [-0.1, -0.05) is 13.8 Å². The van der Waals surface area contributed by atoms with Crippen LogP contribution in [0, 0.1) is 5.41 Å². The standard InChI is InChI=1S/C9H16N2O4S/c1-9(2)4-7-5-10(8(12)15-3)16(13,14)11(7)6-9/h7H,4-6H2,1-3H3/t7-/m0/s1. The lowest BCUT2D eigenvalue weighted by Gasteiger charge is -2.21. The zero-order valence-electron chi connectivity index (χ0n) is 9.63. The van der Waals surface area contributed by atoms with E-state index in [-0.39, 0.29) is 18.0 Å². The molecule has 2 aliphatic rings. The first-order valence-electron chi connectivity index (χ1n) is 5.15. The van der Waals surface area contributed by atoms with Gasteiger partial charge in [0.1, 0.15) is 0 Å². The minimum absolute atomic E-state index is 0.0139. The Morgan fingerprint density at radius 2 is 2.06 bits per heavy atom. The van der Waals surface area contributed by atoms with Crippen LogP contribution < -0.4 is 0 Å². The molecule has 2 fully saturated rings. The van der Waals surface area contributed by atoms with E-state index in [9.17, 15) is 13.2 Å². The molecule has 0 aromatic carbocycles. The van der Waals surface area contributed by atoms with Gasteiger partial charge in [-0.05, 0) is 11.8 Å². The lowest BCUT2D eigenvalue weighted by molar-refractivity contribution is 0.149. The molecule has 0 aromatic rings. The molecule has 7 heteroatoms. The first-order chi connectivity index (χ1) is 7.28. The second-order valence-electron chi connectivity index (χ2n) is 5.08. The van der Waals surface area contributed by atoms with Crippen molar-refractivity contribution in [1.29, 1.82) is 0 Å². The fraction of sp³-hybridized carbons (Fsp3) is 0.889. The van der Waals surface area contributed by atoms with Crippen molar-refractivity contribution in [3.8, 4) is 0 Å². The smallest absolute Gasteiger partial charge is 0.424 e. The van der Waals surface area contributed by atoms with Crippen molar-refractivity contribution in [2.45, 2.75) is 26.3 Å². The van der Waals surface area contributed by atoms with Crippen molar-refractivity contribution >= 4 is 16.3 Å². The van der Waals surface area contributed by atoms with E-state index in [1.165, 1.54) is 11.4 Å². The fourth-order valence-corrected chi connectivity index (χ4v) is 4.37. The summed E-state index contributed by atoms with van der Waals surface area (Å²) in [7, 11) is -2.47. The van der Waals surface area contributed by atoms with Crippen LogP contribution >= 0.6 is 0 Å². The summed E-state index contributed by atoms with van der Waals surface area (Å²) >= 11 is 0. The zero-order valence-corrected chi connectivity index (χ0v) is 10.5. The van der Waals surface area contributed by atoms with Crippen molar-refractivity contribution in [2.24, 2.45) is 5.41 Å². The Bertz CT molecular complexity index is 417. The van der Waals surface area contributed by atoms with Crippen molar-refractivity contribution in [3.05, 3.63) is 0 Å². The maximum Gasteiger partial charge on any atom is 0.424 e. The molecule has 0 unspecified atom stereocenters. The van der Waals surface area contributed by atoms with Crippen LogP contribution in [0.4, 0.5) is 4.79 Å². The minimum Gasteiger partial charge on any atom is -0.452 e. The fourth-order valence-electron chi connectivity index (χ4n) is 2.46. The highest BCUT2D eigenvalue weighted by Crippen LogP contribution is 2.40. The number of carbonyl (C=O) groups excluding carboxylic acids is 1. The molecule has 0 N–H and O–H groups in total. The van der Waals surface area contributed by atoms with Crippen LogP contribution in [0.5, 0.6) is 0 Å². The third-order valence-corrected chi connectivity index (χ3v) is 4.98. The molecule has 0 bridgehead atoms. The maximum atomic E-state index is 12.0. The van der Waals surface area contributed by atoms with E-state index in [2.05, 4.69) is 4.74 Å². The van der Waals surface area contributed by atoms with Gasteiger partial charge >= 0.3 is 16.3 Å². The summed E-state index contributed by atoms with van der Waals surface area (Å²) in [6.45, 7) is 4.73. The summed E-state index contributed by atoms with van der Waals surface area (Å²) in [5, 5.41) is 0. The Labute approximate surface area is 95.3 Å². The second-order valence-corrected chi connectivity index (χ2v) is 6.88. The zero-order chi connectivity index (χ0) is 12.1. The highest BCUT2D eigenvalue weighted by Gasteiger charge is 2.53. The predicted octanol–water partition coefficient (Wildman–Crippen LogP) is 0.414. The molecule has 92 valence electrons. The van der Waals surface area contributed by atoms with Crippen LogP contribution in [-0.2, 0) is 14.9 Å². The van der Waals surface area contributed by atoms with Crippen molar-refractivity contribution < 1.29 is 17.9 Å². The van der Waals surface area contributed by atoms with Gasteiger partial charge in [0.15, 0.2) is 0 Å². The number of hydrogen-bond donors (Lipinski definition) is 0. The first-order valence-corrected chi connectivity index (χ1v) is 6.55. The molecule has 2 saturated heterocycles. The van der Waals surface area contributed by atoms with Crippen LogP contribution in [-0.4, -0.2) is 49.4 Å². The van der Waals surface area contributed by atoms with Crippen LogP contribution in [0.15, 0.2) is 0 Å². The minimum atomic E-state index is -3.65. The molecular weight excluding hydrogens is 232 g/mol. The van der Waals surface area contributed by atoms with Gasteiger partial charge in [-0.15, -0.1) is 0 Å². The third-order valence-electron chi connectivity index (χ3n) is 3.11. The summed E-state index contributed by atoms with van der Waals surface area (Å²) in [4.78, 5) is 11.3. The van der Waals surface area contributed by atoms with Gasteiger partial charge in [-0.2, -0.15) is 17.0 Å². The molecule has 1 amide bonds. The number of ether oxygens (including phenoxy) is 1. The molecule has 0 spiro atoms. The molecule has 6 nitrogen and oxygen atoms in total. The van der Waals surface area contributed by atoms with Gasteiger partial charge in [-0.3, -0.25) is 0 Å². The molecule has 16 heavy (non-hydrogen) atoms. The van der Waals surface area contributed by atoms with E-state index < -0.39 is 16.3 Å². The van der Waals surface area contributed by atoms with Crippen LogP contribution in [0.1, 0.15) is 20.3 Å². The first kappa shape index (κ1) is 11.7. The molecule has 0 saturated carbocycles. The van der Waals surface area contributed by atoms with E-state index in [1.807, 2.05) is 13.8 Å². The Kier molecular flexibility index (Phi) is 2.43. The van der Waals surface area contributed by atoms with Gasteiger partial charge in [0, 0.05) is 12.6 Å². The number of hydrogen-bond acceptors (Lipinski definition) is 4. The van der Waals surface area contributed by atoms with E-state index in [1.54, 1.807) is 0 Å². The molecule has 2 rings (SSSR count). The molecule has 0 aromatic heterocycles. The SMILES string of the molecule is COC(=O)N1C[C@@H]2CC(C)(C)CN2S1(=O)=O. The topological polar surface area (TPSA) is 66.9 Å². The van der Waals surface area contributed by atoms with Crippen LogP contribution in [0.3, 0.4) is 0 Å². The van der Waals surface area contributed by atoms with Gasteiger partial charge in [0.2, 0.25) is 0 Å². The molecule has 2 heterocycles. The van der Waals surface area contributed by atoms with Gasteiger partial charge in [0.05, 0.1) is 13.7 Å². The van der Waals surface area contributed by atoms with Gasteiger partial charge in [0.25, 0.3) is 0 Å². The lowest BCUT2D eigenvalue weighted by atomic mass is 9.91. The Hall–Kier alpha value is -0.820. The summed E-state index contributed by atoms with van der Waals surface area (Å²) < 4.78 is 30.7. The normalized spacial score (nSPS) is 31.4. The number of carbonyl (C=O) groups is 1. The Morgan fingerprint density at radius 3 is 2.56 bits per heavy atom. The number of nitrogens with zero attached hydrogens (tertiary/aromatic N) is 2. The molecule has 0 radical (unpaired) electrons. The van der Waals surface area contributed by atoms with E-state index in [0.717, 1.165) is 10.7 Å². The second kappa shape index (κ2) is 3.33. The monoisotopic (exact) mass is 248 g/mol. The van der Waals surface area contributed by atoms with Crippen molar-refractivity contribution in [2.75, 3.05) is 20.2 Å². The summed E-state index contributed by atoms with van der Waals surface area (Å²) in [6.07, 6.45) is -0.0214. The van der Waals surface area contributed by atoms with Crippen LogP contribution in [0.25, 0.3) is 0 Å². The lowest BCUT2D eigenvalue weighted by Crippen LogP contribution is -2.38. The van der Waals surface area contributed by atoms with Gasteiger partial charge in [-0.25, -0.2) is 4.79 Å². The third kappa shape index (κ3) is 1.58. The number of rotatable bonds is 0. The largest absolute Gasteiger partial charge is 0.452 e. The van der Waals surface area contributed by atoms with E-state index >= 15 is 0 Å². The van der Waals surface area contributed by atoms with Crippen molar-refractivity contribution in [1.82, 2.24) is 8.61 Å². The van der Waals surface area contributed by atoms with Crippen LogP contribution in [0.2, 0.25) is 0 Å².